The molecule has 2 rings (SSSR count). The standard InChI is InChI=1S/C11H16N4O3/c1-17-9-3-2-7(12)11(14-9)15-4-5-18-6-8(15)10(13)16/h2-3,8H,4-6,12H2,1H3,(H2,13,16). The molecule has 1 atom stereocenters. The van der Waals surface area contributed by atoms with Crippen LogP contribution < -0.4 is 21.1 Å². The molecule has 1 saturated heterocycles. The van der Waals surface area contributed by atoms with Crippen LogP contribution in [0.15, 0.2) is 12.1 Å². The van der Waals surface area contributed by atoms with Crippen LogP contribution in [-0.2, 0) is 9.53 Å². The van der Waals surface area contributed by atoms with Crippen LogP contribution in [0.1, 0.15) is 0 Å². The number of hydrogen-bond acceptors (Lipinski definition) is 6. The van der Waals surface area contributed by atoms with Crippen molar-refractivity contribution in [2.75, 3.05) is 37.5 Å². The zero-order valence-corrected chi connectivity index (χ0v) is 10.1. The van der Waals surface area contributed by atoms with Crippen LogP contribution >= 0.6 is 0 Å². The van der Waals surface area contributed by atoms with E-state index >= 15 is 0 Å². The molecule has 4 N–H and O–H groups in total. The average molecular weight is 252 g/mol. The molecule has 1 amide bonds. The topological polar surface area (TPSA) is 104 Å². The van der Waals surface area contributed by atoms with Crippen molar-refractivity contribution in [3.8, 4) is 5.88 Å². The first-order chi connectivity index (χ1) is 8.63. The SMILES string of the molecule is COc1ccc(N)c(N2CCOCC2C(N)=O)n1. The monoisotopic (exact) mass is 252 g/mol. The van der Waals surface area contributed by atoms with Gasteiger partial charge in [-0.25, -0.2) is 0 Å². The average Bonchev–Trinajstić information content (AvgIpc) is 2.39. The van der Waals surface area contributed by atoms with Gasteiger partial charge in [-0.2, -0.15) is 4.98 Å². The molecule has 7 nitrogen and oxygen atoms in total. The number of ether oxygens (including phenoxy) is 2. The summed E-state index contributed by atoms with van der Waals surface area (Å²) in [7, 11) is 1.52. The predicted octanol–water partition coefficient (Wildman–Crippen LogP) is -0.637. The maximum absolute atomic E-state index is 11.4. The lowest BCUT2D eigenvalue weighted by Crippen LogP contribution is -2.53. The van der Waals surface area contributed by atoms with Gasteiger partial charge in [-0.1, -0.05) is 0 Å². The van der Waals surface area contributed by atoms with Gasteiger partial charge in [0.2, 0.25) is 11.8 Å². The van der Waals surface area contributed by atoms with Crippen molar-refractivity contribution in [1.29, 1.82) is 0 Å². The van der Waals surface area contributed by atoms with Crippen molar-refractivity contribution < 1.29 is 14.3 Å². The van der Waals surface area contributed by atoms with Crippen molar-refractivity contribution in [3.05, 3.63) is 12.1 Å². The molecule has 1 aromatic rings. The molecule has 0 aromatic carbocycles. The molecule has 0 saturated carbocycles. The molecule has 1 aromatic heterocycles. The van der Waals surface area contributed by atoms with Crippen LogP contribution in [0.5, 0.6) is 5.88 Å². The summed E-state index contributed by atoms with van der Waals surface area (Å²) in [5.41, 5.74) is 11.7. The number of methoxy groups -OCH3 is 1. The number of morpholine rings is 1. The van der Waals surface area contributed by atoms with Crippen molar-refractivity contribution in [1.82, 2.24) is 4.98 Å². The summed E-state index contributed by atoms with van der Waals surface area (Å²) in [6.45, 7) is 1.26. The van der Waals surface area contributed by atoms with Crippen LogP contribution in [0.4, 0.5) is 11.5 Å². The van der Waals surface area contributed by atoms with Gasteiger partial charge in [-0.3, -0.25) is 4.79 Å². The zero-order valence-electron chi connectivity index (χ0n) is 10.1. The number of pyridine rings is 1. The minimum absolute atomic E-state index is 0.244. The summed E-state index contributed by atoms with van der Waals surface area (Å²) in [6, 6.07) is 2.80. The number of nitrogens with zero attached hydrogens (tertiary/aromatic N) is 2. The van der Waals surface area contributed by atoms with Crippen molar-refractivity contribution in [2.24, 2.45) is 5.73 Å². The molecular formula is C11H16N4O3. The molecular weight excluding hydrogens is 236 g/mol. The first kappa shape index (κ1) is 12.4. The van der Waals surface area contributed by atoms with Gasteiger partial charge in [-0.15, -0.1) is 0 Å². The molecule has 1 aliphatic heterocycles. The van der Waals surface area contributed by atoms with E-state index in [9.17, 15) is 4.79 Å². The second-order valence-electron chi connectivity index (χ2n) is 3.95. The van der Waals surface area contributed by atoms with Gasteiger partial charge in [0.15, 0.2) is 5.82 Å². The van der Waals surface area contributed by atoms with E-state index in [4.69, 9.17) is 20.9 Å². The molecule has 7 heteroatoms. The zero-order chi connectivity index (χ0) is 13.1. The highest BCUT2D eigenvalue weighted by molar-refractivity contribution is 5.85. The summed E-state index contributed by atoms with van der Waals surface area (Å²) < 4.78 is 10.3. The molecule has 0 bridgehead atoms. The minimum atomic E-state index is -0.555. The second-order valence-corrected chi connectivity index (χ2v) is 3.95. The normalized spacial score (nSPS) is 19.6. The van der Waals surface area contributed by atoms with Crippen molar-refractivity contribution >= 4 is 17.4 Å². The Balaban J connectivity index is 2.35. The number of aromatic nitrogens is 1. The third-order valence-corrected chi connectivity index (χ3v) is 2.82. The number of carbonyl (C=O) groups excluding carboxylic acids is 1. The number of carbonyl (C=O) groups is 1. The van der Waals surface area contributed by atoms with E-state index in [0.29, 0.717) is 30.5 Å². The van der Waals surface area contributed by atoms with E-state index < -0.39 is 11.9 Å². The molecule has 1 aliphatic rings. The lowest BCUT2D eigenvalue weighted by atomic mass is 10.2. The maximum atomic E-state index is 11.4. The minimum Gasteiger partial charge on any atom is -0.481 e. The number of hydrogen-bond donors (Lipinski definition) is 2. The highest BCUT2D eigenvalue weighted by Crippen LogP contribution is 2.26. The molecule has 98 valence electrons. The smallest absolute Gasteiger partial charge is 0.242 e. The lowest BCUT2D eigenvalue weighted by molar-refractivity contribution is -0.121. The molecule has 0 aliphatic carbocycles. The summed E-state index contributed by atoms with van der Waals surface area (Å²) in [5, 5.41) is 0. The van der Waals surface area contributed by atoms with Crippen molar-refractivity contribution in [3.63, 3.8) is 0 Å². The van der Waals surface area contributed by atoms with Gasteiger partial charge in [0.25, 0.3) is 0 Å². The van der Waals surface area contributed by atoms with Gasteiger partial charge < -0.3 is 25.8 Å². The maximum Gasteiger partial charge on any atom is 0.242 e. The van der Waals surface area contributed by atoms with E-state index in [1.54, 1.807) is 17.0 Å². The van der Waals surface area contributed by atoms with E-state index in [0.717, 1.165) is 0 Å². The quantitative estimate of drug-likeness (QED) is 0.741. The van der Waals surface area contributed by atoms with Crippen LogP contribution in [0.3, 0.4) is 0 Å². The third kappa shape index (κ3) is 2.30. The summed E-state index contributed by atoms with van der Waals surface area (Å²) in [4.78, 5) is 17.4. The third-order valence-electron chi connectivity index (χ3n) is 2.82. The summed E-state index contributed by atoms with van der Waals surface area (Å²) in [6.07, 6.45) is 0. The number of nitrogens with two attached hydrogens (primary N) is 2. The fourth-order valence-corrected chi connectivity index (χ4v) is 1.88. The molecule has 0 spiro atoms. The molecule has 0 radical (unpaired) electrons. The van der Waals surface area contributed by atoms with Crippen LogP contribution in [-0.4, -0.2) is 43.8 Å². The number of rotatable bonds is 3. The van der Waals surface area contributed by atoms with Gasteiger partial charge >= 0.3 is 0 Å². The largest absolute Gasteiger partial charge is 0.481 e. The van der Waals surface area contributed by atoms with E-state index in [-0.39, 0.29) is 6.61 Å². The fraction of sp³-hybridized carbons (Fsp3) is 0.455. The molecule has 2 heterocycles. The van der Waals surface area contributed by atoms with Gasteiger partial charge in [0, 0.05) is 12.6 Å². The Hall–Kier alpha value is -2.02. The van der Waals surface area contributed by atoms with Gasteiger partial charge in [0.1, 0.15) is 6.04 Å². The Morgan fingerprint density at radius 1 is 1.61 bits per heavy atom. The first-order valence-corrected chi connectivity index (χ1v) is 5.57. The second kappa shape index (κ2) is 5.09. The lowest BCUT2D eigenvalue weighted by Gasteiger charge is -2.35. The molecule has 1 fully saturated rings. The van der Waals surface area contributed by atoms with Crippen molar-refractivity contribution in [2.45, 2.75) is 6.04 Å². The summed E-state index contributed by atoms with van der Waals surface area (Å²) >= 11 is 0. The molecule has 1 unspecified atom stereocenters. The number of primary amides is 1. The Morgan fingerprint density at radius 3 is 3.06 bits per heavy atom. The first-order valence-electron chi connectivity index (χ1n) is 5.57. The van der Waals surface area contributed by atoms with Gasteiger partial charge in [0.05, 0.1) is 26.0 Å². The Bertz CT molecular complexity index is 452. The van der Waals surface area contributed by atoms with Crippen LogP contribution in [0.2, 0.25) is 0 Å². The van der Waals surface area contributed by atoms with E-state index in [1.165, 1.54) is 7.11 Å². The Kier molecular flexibility index (Phi) is 3.52. The van der Waals surface area contributed by atoms with E-state index in [2.05, 4.69) is 4.98 Å². The summed E-state index contributed by atoms with van der Waals surface area (Å²) in [5.74, 6) is 0.481. The fourth-order valence-electron chi connectivity index (χ4n) is 1.88. The van der Waals surface area contributed by atoms with E-state index in [1.807, 2.05) is 0 Å². The van der Waals surface area contributed by atoms with Crippen LogP contribution in [0, 0.1) is 0 Å². The highest BCUT2D eigenvalue weighted by Gasteiger charge is 2.30. The highest BCUT2D eigenvalue weighted by atomic mass is 16.5. The predicted molar refractivity (Wildman–Crippen MR) is 66.3 cm³/mol. The number of anilines is 2. The Morgan fingerprint density at radius 2 is 2.39 bits per heavy atom. The van der Waals surface area contributed by atoms with Gasteiger partial charge in [-0.05, 0) is 6.07 Å². The van der Waals surface area contributed by atoms with Crippen LogP contribution in [0.25, 0.3) is 0 Å². The Labute approximate surface area is 105 Å². The number of amides is 1. The molecule has 18 heavy (non-hydrogen) atoms. The number of nitrogen functional groups attached to an aromatic ring is 1.